The van der Waals surface area contributed by atoms with Gasteiger partial charge in [0, 0.05) is 18.1 Å². The van der Waals surface area contributed by atoms with E-state index in [-0.39, 0.29) is 0 Å². The van der Waals surface area contributed by atoms with Crippen LogP contribution in [0.15, 0.2) is 29.4 Å². The lowest BCUT2D eigenvalue weighted by Crippen LogP contribution is -2.36. The standard InChI is InChI=1S/C15H19N7S/c1-10-12(23-11(2)19-10)8-17-15(16-3)18-9-14-21-20-13-6-4-5-7-22(13)14/h4-7H,8-9H2,1-3H3,(H2,16,17,18). The summed E-state index contributed by atoms with van der Waals surface area (Å²) in [6.07, 6.45) is 1.95. The summed E-state index contributed by atoms with van der Waals surface area (Å²) >= 11 is 1.70. The first-order valence-corrected chi connectivity index (χ1v) is 8.15. The molecular formula is C15H19N7S. The number of hydrogen-bond donors (Lipinski definition) is 2. The van der Waals surface area contributed by atoms with E-state index in [0.717, 1.165) is 28.1 Å². The molecule has 2 N–H and O–H groups in total. The fraction of sp³-hybridized carbons (Fsp3) is 0.333. The Hall–Kier alpha value is -2.48. The Bertz CT molecular complexity index is 833. The van der Waals surface area contributed by atoms with Crippen molar-refractivity contribution >= 4 is 22.9 Å². The number of fused-ring (bicyclic) bond motifs is 1. The molecule has 0 aliphatic rings. The molecule has 0 radical (unpaired) electrons. The first-order valence-electron chi connectivity index (χ1n) is 7.33. The van der Waals surface area contributed by atoms with Gasteiger partial charge in [-0.3, -0.25) is 9.39 Å². The summed E-state index contributed by atoms with van der Waals surface area (Å²) in [6.45, 7) is 5.30. The van der Waals surface area contributed by atoms with Gasteiger partial charge in [-0.05, 0) is 26.0 Å². The molecule has 0 bridgehead atoms. The third-order valence-corrected chi connectivity index (χ3v) is 4.51. The highest BCUT2D eigenvalue weighted by Crippen LogP contribution is 2.16. The number of aryl methyl sites for hydroxylation is 2. The summed E-state index contributed by atoms with van der Waals surface area (Å²) in [7, 11) is 1.75. The number of nitrogens with zero attached hydrogens (tertiary/aromatic N) is 5. The lowest BCUT2D eigenvalue weighted by molar-refractivity contribution is 0.764. The molecule has 0 aliphatic heterocycles. The molecule has 0 spiro atoms. The largest absolute Gasteiger partial charge is 0.351 e. The second-order valence-electron chi connectivity index (χ2n) is 5.07. The number of hydrogen-bond acceptors (Lipinski definition) is 5. The molecule has 0 saturated carbocycles. The molecule has 120 valence electrons. The number of aliphatic imine (C=N–C) groups is 1. The third-order valence-electron chi connectivity index (χ3n) is 3.44. The Morgan fingerprint density at radius 1 is 1.22 bits per heavy atom. The van der Waals surface area contributed by atoms with E-state index >= 15 is 0 Å². The van der Waals surface area contributed by atoms with Crippen molar-refractivity contribution in [1.29, 1.82) is 0 Å². The van der Waals surface area contributed by atoms with Gasteiger partial charge in [0.05, 0.1) is 23.8 Å². The molecule has 0 atom stereocenters. The minimum atomic E-state index is 0.547. The Balaban J connectivity index is 1.61. The van der Waals surface area contributed by atoms with Gasteiger partial charge in [-0.25, -0.2) is 4.98 Å². The zero-order valence-corrected chi connectivity index (χ0v) is 14.2. The first-order chi connectivity index (χ1) is 11.2. The SMILES string of the molecule is CN=C(NCc1sc(C)nc1C)NCc1nnc2ccccn12. The molecule has 0 amide bonds. The van der Waals surface area contributed by atoms with Crippen LogP contribution in [0.25, 0.3) is 5.65 Å². The van der Waals surface area contributed by atoms with Crippen molar-refractivity contribution in [1.82, 2.24) is 30.2 Å². The molecular weight excluding hydrogens is 310 g/mol. The van der Waals surface area contributed by atoms with Crippen molar-refractivity contribution in [3.8, 4) is 0 Å². The Labute approximate surface area is 138 Å². The van der Waals surface area contributed by atoms with Crippen LogP contribution in [-0.4, -0.2) is 32.6 Å². The molecule has 23 heavy (non-hydrogen) atoms. The summed E-state index contributed by atoms with van der Waals surface area (Å²) in [4.78, 5) is 9.89. The van der Waals surface area contributed by atoms with Crippen molar-refractivity contribution in [2.45, 2.75) is 26.9 Å². The quantitative estimate of drug-likeness (QED) is 0.562. The van der Waals surface area contributed by atoms with Gasteiger partial charge in [-0.15, -0.1) is 21.5 Å². The van der Waals surface area contributed by atoms with Crippen molar-refractivity contribution in [2.75, 3.05) is 7.05 Å². The lowest BCUT2D eigenvalue weighted by Gasteiger charge is -2.10. The minimum absolute atomic E-state index is 0.547. The Kier molecular flexibility index (Phi) is 4.52. The predicted molar refractivity (Wildman–Crippen MR) is 91.6 cm³/mol. The molecule has 3 aromatic heterocycles. The number of pyridine rings is 1. The van der Waals surface area contributed by atoms with Gasteiger partial charge in [-0.2, -0.15) is 0 Å². The van der Waals surface area contributed by atoms with E-state index in [1.807, 2.05) is 42.6 Å². The van der Waals surface area contributed by atoms with E-state index in [1.54, 1.807) is 18.4 Å². The molecule has 0 aromatic carbocycles. The van der Waals surface area contributed by atoms with E-state index in [9.17, 15) is 0 Å². The Morgan fingerprint density at radius 2 is 2.04 bits per heavy atom. The molecule has 0 saturated heterocycles. The second kappa shape index (κ2) is 6.74. The Morgan fingerprint density at radius 3 is 2.78 bits per heavy atom. The van der Waals surface area contributed by atoms with Crippen LogP contribution in [-0.2, 0) is 13.1 Å². The van der Waals surface area contributed by atoms with E-state index < -0.39 is 0 Å². The highest BCUT2D eigenvalue weighted by Gasteiger charge is 2.08. The second-order valence-corrected chi connectivity index (χ2v) is 6.35. The van der Waals surface area contributed by atoms with Crippen molar-refractivity contribution < 1.29 is 0 Å². The average molecular weight is 329 g/mol. The highest BCUT2D eigenvalue weighted by molar-refractivity contribution is 7.11. The maximum atomic E-state index is 4.43. The van der Waals surface area contributed by atoms with Crippen LogP contribution >= 0.6 is 11.3 Å². The van der Waals surface area contributed by atoms with Gasteiger partial charge >= 0.3 is 0 Å². The molecule has 0 aliphatic carbocycles. The average Bonchev–Trinajstić information content (AvgIpc) is 3.10. The van der Waals surface area contributed by atoms with E-state index in [4.69, 9.17) is 0 Å². The van der Waals surface area contributed by atoms with Crippen LogP contribution in [0.2, 0.25) is 0 Å². The maximum absolute atomic E-state index is 4.43. The number of rotatable bonds is 4. The predicted octanol–water partition coefficient (Wildman–Crippen LogP) is 1.67. The van der Waals surface area contributed by atoms with Crippen LogP contribution in [0.3, 0.4) is 0 Å². The number of guanidine groups is 1. The van der Waals surface area contributed by atoms with E-state index in [2.05, 4.69) is 30.8 Å². The number of thiazole rings is 1. The van der Waals surface area contributed by atoms with Crippen LogP contribution in [0.4, 0.5) is 0 Å². The smallest absolute Gasteiger partial charge is 0.191 e. The molecule has 3 aromatic rings. The zero-order valence-electron chi connectivity index (χ0n) is 13.4. The summed E-state index contributed by atoms with van der Waals surface area (Å²) in [6, 6.07) is 5.83. The van der Waals surface area contributed by atoms with Crippen LogP contribution in [0.5, 0.6) is 0 Å². The van der Waals surface area contributed by atoms with E-state index in [1.165, 1.54) is 4.88 Å². The molecule has 7 nitrogen and oxygen atoms in total. The number of aromatic nitrogens is 4. The van der Waals surface area contributed by atoms with Gasteiger partial charge in [-0.1, -0.05) is 6.07 Å². The fourth-order valence-electron chi connectivity index (χ4n) is 2.30. The van der Waals surface area contributed by atoms with Crippen molar-refractivity contribution in [3.05, 3.63) is 45.8 Å². The summed E-state index contributed by atoms with van der Waals surface area (Å²) in [5, 5.41) is 16.0. The van der Waals surface area contributed by atoms with Gasteiger partial charge in [0.1, 0.15) is 0 Å². The highest BCUT2D eigenvalue weighted by atomic mass is 32.1. The van der Waals surface area contributed by atoms with Crippen molar-refractivity contribution in [2.24, 2.45) is 4.99 Å². The number of nitrogens with one attached hydrogen (secondary N) is 2. The minimum Gasteiger partial charge on any atom is -0.351 e. The van der Waals surface area contributed by atoms with E-state index in [0.29, 0.717) is 13.1 Å². The molecule has 8 heteroatoms. The molecule has 3 rings (SSSR count). The first kappa shape index (κ1) is 15.4. The topological polar surface area (TPSA) is 79.5 Å². The summed E-state index contributed by atoms with van der Waals surface area (Å²) in [5.41, 5.74) is 1.90. The monoisotopic (exact) mass is 329 g/mol. The van der Waals surface area contributed by atoms with Crippen LogP contribution < -0.4 is 10.6 Å². The summed E-state index contributed by atoms with van der Waals surface area (Å²) in [5.74, 6) is 1.57. The maximum Gasteiger partial charge on any atom is 0.191 e. The van der Waals surface area contributed by atoms with Crippen LogP contribution in [0.1, 0.15) is 21.4 Å². The van der Waals surface area contributed by atoms with Crippen LogP contribution in [0, 0.1) is 13.8 Å². The van der Waals surface area contributed by atoms with Crippen molar-refractivity contribution in [3.63, 3.8) is 0 Å². The lowest BCUT2D eigenvalue weighted by atomic mass is 10.4. The third kappa shape index (κ3) is 3.48. The molecule has 3 heterocycles. The van der Waals surface area contributed by atoms with Gasteiger partial charge in [0.15, 0.2) is 17.4 Å². The normalized spacial score (nSPS) is 11.9. The fourth-order valence-corrected chi connectivity index (χ4v) is 3.17. The van der Waals surface area contributed by atoms with Gasteiger partial charge in [0.2, 0.25) is 0 Å². The van der Waals surface area contributed by atoms with Gasteiger partial charge in [0.25, 0.3) is 0 Å². The van der Waals surface area contributed by atoms with Gasteiger partial charge < -0.3 is 10.6 Å². The summed E-state index contributed by atoms with van der Waals surface area (Å²) < 4.78 is 1.96. The zero-order chi connectivity index (χ0) is 16.2. The molecule has 0 unspecified atom stereocenters. The molecule has 0 fully saturated rings.